The van der Waals surface area contributed by atoms with Gasteiger partial charge in [0.2, 0.25) is 0 Å². The monoisotopic (exact) mass is 322 g/mol. The largest absolute Gasteiger partial charge is 0.493 e. The molecule has 0 aromatic heterocycles. The zero-order valence-corrected chi connectivity index (χ0v) is 11.8. The van der Waals surface area contributed by atoms with Gasteiger partial charge < -0.3 is 14.6 Å². The number of carbonyl (C=O) groups is 1. The van der Waals surface area contributed by atoms with Crippen LogP contribution in [0.4, 0.5) is 13.2 Å². The first-order valence-electron chi connectivity index (χ1n) is 5.75. The molecule has 1 aromatic carbocycles. The molecule has 1 aromatic rings. The molecule has 1 rings (SSSR count). The van der Waals surface area contributed by atoms with E-state index in [-0.39, 0.29) is 29.9 Å². The molecule has 0 bridgehead atoms. The predicted octanol–water partition coefficient (Wildman–Crippen LogP) is 3.42. The SMILES string of the molecule is COc1cccc(/C=C/C(=O)O)c1OCCSC(F)(F)F. The van der Waals surface area contributed by atoms with Crippen molar-refractivity contribution in [2.45, 2.75) is 5.51 Å². The minimum Gasteiger partial charge on any atom is -0.493 e. The smallest absolute Gasteiger partial charge is 0.441 e. The lowest BCUT2D eigenvalue weighted by molar-refractivity contribution is -0.131. The van der Waals surface area contributed by atoms with E-state index in [1.807, 2.05) is 0 Å². The molecular formula is C13H13F3O4S. The molecule has 0 radical (unpaired) electrons. The third-order valence-corrected chi connectivity index (χ3v) is 2.93. The Bertz CT molecular complexity index is 515. The van der Waals surface area contributed by atoms with Gasteiger partial charge in [0.05, 0.1) is 13.7 Å². The van der Waals surface area contributed by atoms with Crippen LogP contribution in [0.15, 0.2) is 24.3 Å². The predicted molar refractivity (Wildman–Crippen MR) is 73.7 cm³/mol. The van der Waals surface area contributed by atoms with Gasteiger partial charge >= 0.3 is 11.5 Å². The maximum absolute atomic E-state index is 12.0. The van der Waals surface area contributed by atoms with E-state index in [1.165, 1.54) is 13.2 Å². The van der Waals surface area contributed by atoms with Crippen LogP contribution in [0.5, 0.6) is 11.5 Å². The molecule has 0 aliphatic rings. The van der Waals surface area contributed by atoms with Gasteiger partial charge in [-0.3, -0.25) is 0 Å². The summed E-state index contributed by atoms with van der Waals surface area (Å²) in [6.07, 6.45) is 2.20. The molecule has 8 heteroatoms. The highest BCUT2D eigenvalue weighted by molar-refractivity contribution is 8.00. The van der Waals surface area contributed by atoms with Crippen molar-refractivity contribution in [2.75, 3.05) is 19.5 Å². The molecule has 0 heterocycles. The topological polar surface area (TPSA) is 55.8 Å². The fourth-order valence-electron chi connectivity index (χ4n) is 1.44. The maximum Gasteiger partial charge on any atom is 0.441 e. The molecule has 21 heavy (non-hydrogen) atoms. The first-order valence-corrected chi connectivity index (χ1v) is 6.73. The average Bonchev–Trinajstić information content (AvgIpc) is 2.40. The van der Waals surface area contributed by atoms with Crippen LogP contribution in [0.2, 0.25) is 0 Å². The van der Waals surface area contributed by atoms with Crippen molar-refractivity contribution < 1.29 is 32.5 Å². The van der Waals surface area contributed by atoms with E-state index in [0.29, 0.717) is 11.3 Å². The van der Waals surface area contributed by atoms with Gasteiger partial charge in [0.1, 0.15) is 0 Å². The van der Waals surface area contributed by atoms with E-state index in [0.717, 1.165) is 6.08 Å². The third kappa shape index (κ3) is 6.44. The quantitative estimate of drug-likeness (QED) is 0.616. The molecule has 0 aliphatic heterocycles. The minimum atomic E-state index is -4.31. The fourth-order valence-corrected chi connectivity index (χ4v) is 1.84. The third-order valence-electron chi connectivity index (χ3n) is 2.23. The van der Waals surface area contributed by atoms with Crippen LogP contribution in [0.25, 0.3) is 6.08 Å². The number of para-hydroxylation sites is 1. The summed E-state index contributed by atoms with van der Waals surface area (Å²) in [6, 6.07) is 4.77. The highest BCUT2D eigenvalue weighted by Gasteiger charge is 2.27. The van der Waals surface area contributed by atoms with Crippen LogP contribution < -0.4 is 9.47 Å². The van der Waals surface area contributed by atoms with Crippen molar-refractivity contribution in [1.82, 2.24) is 0 Å². The van der Waals surface area contributed by atoms with E-state index in [9.17, 15) is 18.0 Å². The van der Waals surface area contributed by atoms with E-state index < -0.39 is 11.5 Å². The molecule has 0 aliphatic carbocycles. The zero-order valence-electron chi connectivity index (χ0n) is 11.0. The Morgan fingerprint density at radius 3 is 2.71 bits per heavy atom. The van der Waals surface area contributed by atoms with Gasteiger partial charge in [-0.2, -0.15) is 13.2 Å². The van der Waals surface area contributed by atoms with Crippen molar-refractivity contribution in [1.29, 1.82) is 0 Å². The molecule has 0 atom stereocenters. The summed E-state index contributed by atoms with van der Waals surface area (Å²) >= 11 is -0.188. The summed E-state index contributed by atoms with van der Waals surface area (Å²) in [4.78, 5) is 10.5. The van der Waals surface area contributed by atoms with E-state index in [4.69, 9.17) is 14.6 Å². The summed E-state index contributed by atoms with van der Waals surface area (Å²) < 4.78 is 46.4. The Hall–Kier alpha value is -1.83. The molecule has 0 fully saturated rings. The summed E-state index contributed by atoms with van der Waals surface area (Å²) in [5.74, 6) is -0.889. The number of hydrogen-bond acceptors (Lipinski definition) is 4. The summed E-state index contributed by atoms with van der Waals surface area (Å²) in [6.45, 7) is -0.182. The lowest BCUT2D eigenvalue weighted by Crippen LogP contribution is -2.08. The van der Waals surface area contributed by atoms with E-state index in [1.54, 1.807) is 18.2 Å². The van der Waals surface area contributed by atoms with Gasteiger partial charge in [-0.1, -0.05) is 12.1 Å². The van der Waals surface area contributed by atoms with E-state index >= 15 is 0 Å². The first-order chi connectivity index (χ1) is 9.83. The summed E-state index contributed by atoms with van der Waals surface area (Å²) in [5, 5.41) is 8.61. The zero-order chi connectivity index (χ0) is 15.9. The van der Waals surface area contributed by atoms with Gasteiger partial charge in [0.25, 0.3) is 0 Å². The Kier molecular flexibility index (Phi) is 6.41. The van der Waals surface area contributed by atoms with Crippen LogP contribution in [0.1, 0.15) is 5.56 Å². The number of thioether (sulfide) groups is 1. The molecule has 116 valence electrons. The Morgan fingerprint density at radius 1 is 1.43 bits per heavy atom. The van der Waals surface area contributed by atoms with Crippen LogP contribution >= 0.6 is 11.8 Å². The summed E-state index contributed by atoms with van der Waals surface area (Å²) in [5.41, 5.74) is -3.90. The van der Waals surface area contributed by atoms with Crippen LogP contribution in [0.3, 0.4) is 0 Å². The molecule has 0 unspecified atom stereocenters. The number of benzene rings is 1. The Labute approximate surface area is 123 Å². The van der Waals surface area contributed by atoms with Crippen LogP contribution in [-0.2, 0) is 4.79 Å². The highest BCUT2D eigenvalue weighted by atomic mass is 32.2. The summed E-state index contributed by atoms with van der Waals surface area (Å²) in [7, 11) is 1.39. The number of carboxylic acid groups (broad SMARTS) is 1. The highest BCUT2D eigenvalue weighted by Crippen LogP contribution is 2.33. The normalized spacial score (nSPS) is 11.6. The van der Waals surface area contributed by atoms with Gasteiger partial charge in [0, 0.05) is 17.4 Å². The van der Waals surface area contributed by atoms with Gasteiger partial charge in [0.15, 0.2) is 11.5 Å². The van der Waals surface area contributed by atoms with Crippen LogP contribution in [-0.4, -0.2) is 36.1 Å². The first kappa shape index (κ1) is 17.2. The Balaban J connectivity index is 2.80. The van der Waals surface area contributed by atoms with Crippen molar-refractivity contribution in [3.63, 3.8) is 0 Å². The fraction of sp³-hybridized carbons (Fsp3) is 0.308. The number of rotatable bonds is 7. The number of aliphatic carboxylic acids is 1. The lowest BCUT2D eigenvalue weighted by atomic mass is 10.1. The number of halogens is 3. The molecule has 4 nitrogen and oxygen atoms in total. The van der Waals surface area contributed by atoms with Crippen molar-refractivity contribution >= 4 is 23.8 Å². The maximum atomic E-state index is 12.0. The molecular weight excluding hydrogens is 309 g/mol. The molecule has 0 spiro atoms. The van der Waals surface area contributed by atoms with Crippen LogP contribution in [0, 0.1) is 0 Å². The van der Waals surface area contributed by atoms with Gasteiger partial charge in [-0.15, -0.1) is 0 Å². The van der Waals surface area contributed by atoms with Crippen molar-refractivity contribution in [3.8, 4) is 11.5 Å². The van der Waals surface area contributed by atoms with Crippen molar-refractivity contribution in [3.05, 3.63) is 29.8 Å². The lowest BCUT2D eigenvalue weighted by Gasteiger charge is -2.13. The molecule has 0 saturated carbocycles. The number of methoxy groups -OCH3 is 1. The van der Waals surface area contributed by atoms with Crippen molar-refractivity contribution in [2.24, 2.45) is 0 Å². The number of ether oxygens (including phenoxy) is 2. The van der Waals surface area contributed by atoms with Gasteiger partial charge in [-0.05, 0) is 23.9 Å². The second-order valence-electron chi connectivity index (χ2n) is 3.69. The average molecular weight is 322 g/mol. The van der Waals surface area contributed by atoms with E-state index in [2.05, 4.69) is 0 Å². The Morgan fingerprint density at radius 2 is 2.14 bits per heavy atom. The standard InChI is InChI=1S/C13H13F3O4S/c1-19-10-4-2-3-9(5-6-11(17)18)12(10)20-7-8-21-13(14,15)16/h2-6H,7-8H2,1H3,(H,17,18)/b6-5+. The number of carboxylic acids is 1. The number of hydrogen-bond donors (Lipinski definition) is 1. The molecule has 0 amide bonds. The second kappa shape index (κ2) is 7.82. The van der Waals surface area contributed by atoms with Gasteiger partial charge in [-0.25, -0.2) is 4.79 Å². The minimum absolute atomic E-state index is 0.182. The second-order valence-corrected chi connectivity index (χ2v) is 4.85. The number of alkyl halides is 3. The molecule has 0 saturated heterocycles. The molecule has 1 N–H and O–H groups in total.